The van der Waals surface area contributed by atoms with Crippen LogP contribution in [0.1, 0.15) is 75.8 Å². The standard InChI is InChI=1S/C38H52FN3O7Si/c1-27-36(50(3,4)39)32(25-34(45)40(22-23-43)26-28-14-8-7-9-15-28)49-38(27)30-24-29(41-20-12-6-5-10-16-33(41)44)18-19-31(30)42(37(38)47)21-13-11-17-35(46)48-2/h7-9,14-15,18-19,24,27,32,36,43H,5-6,10-13,16-17,20-23,25-26H2,1-4H3/t27-,32+,36-,38+/m0/s1. The van der Waals surface area contributed by atoms with Crippen molar-refractivity contribution >= 4 is 43.5 Å². The molecular weight excluding hydrogens is 658 g/mol. The number of fused-ring (bicyclic) bond motifs is 2. The molecule has 2 fully saturated rings. The summed E-state index contributed by atoms with van der Waals surface area (Å²) in [5, 5.41) is 9.82. The number of rotatable bonds is 13. The Bertz CT molecular complexity index is 1540. The van der Waals surface area contributed by atoms with Crippen molar-refractivity contribution < 1.29 is 37.9 Å². The van der Waals surface area contributed by atoms with E-state index in [-0.39, 0.29) is 56.2 Å². The van der Waals surface area contributed by atoms with E-state index in [9.17, 15) is 24.3 Å². The maximum atomic E-state index is 16.5. The van der Waals surface area contributed by atoms with Crippen LogP contribution >= 0.6 is 0 Å². The van der Waals surface area contributed by atoms with Crippen LogP contribution < -0.4 is 9.80 Å². The topological polar surface area (TPSA) is 117 Å². The van der Waals surface area contributed by atoms with Gasteiger partial charge in [0.25, 0.3) is 5.91 Å². The molecule has 2 aromatic rings. The molecule has 0 aromatic heterocycles. The highest BCUT2D eigenvalue weighted by atomic mass is 28.4. The number of anilines is 2. The first-order valence-electron chi connectivity index (χ1n) is 18.0. The summed E-state index contributed by atoms with van der Waals surface area (Å²) in [4.78, 5) is 58.9. The third-order valence-corrected chi connectivity index (χ3v) is 13.1. The third kappa shape index (κ3) is 7.82. The lowest BCUT2D eigenvalue weighted by molar-refractivity contribution is -0.149. The van der Waals surface area contributed by atoms with Crippen molar-refractivity contribution in [2.75, 3.05) is 43.2 Å². The Hall–Kier alpha value is -3.61. The van der Waals surface area contributed by atoms with Crippen molar-refractivity contribution in [3.8, 4) is 0 Å². The van der Waals surface area contributed by atoms with E-state index in [0.29, 0.717) is 49.3 Å². The molecule has 1 spiro atoms. The molecule has 3 heterocycles. The number of amides is 3. The fraction of sp³-hybridized carbons (Fsp3) is 0.579. The molecule has 5 rings (SSSR count). The van der Waals surface area contributed by atoms with Gasteiger partial charge in [0.2, 0.25) is 20.2 Å². The van der Waals surface area contributed by atoms with Crippen molar-refractivity contribution in [2.24, 2.45) is 5.92 Å². The van der Waals surface area contributed by atoms with Gasteiger partial charge in [-0.1, -0.05) is 50.1 Å². The van der Waals surface area contributed by atoms with Crippen LogP contribution in [0.5, 0.6) is 0 Å². The first kappa shape index (κ1) is 37.6. The summed E-state index contributed by atoms with van der Waals surface area (Å²) < 4.78 is 28.2. The number of carbonyl (C=O) groups is 4. The van der Waals surface area contributed by atoms with Crippen molar-refractivity contribution in [1.82, 2.24) is 4.90 Å². The lowest BCUT2D eigenvalue weighted by Gasteiger charge is -2.32. The maximum absolute atomic E-state index is 16.5. The number of methoxy groups -OCH3 is 1. The van der Waals surface area contributed by atoms with Gasteiger partial charge < -0.3 is 33.4 Å². The van der Waals surface area contributed by atoms with Crippen LogP contribution in [0.15, 0.2) is 48.5 Å². The number of unbranched alkanes of at least 4 members (excludes halogenated alkanes) is 1. The molecule has 12 heteroatoms. The molecule has 50 heavy (non-hydrogen) atoms. The summed E-state index contributed by atoms with van der Waals surface area (Å²) >= 11 is 0. The Morgan fingerprint density at radius 2 is 1.82 bits per heavy atom. The summed E-state index contributed by atoms with van der Waals surface area (Å²) in [5.74, 6) is -1.51. The lowest BCUT2D eigenvalue weighted by Crippen LogP contribution is -2.45. The number of nitrogens with zero attached hydrogens (tertiary/aromatic N) is 3. The number of hydrogen-bond acceptors (Lipinski definition) is 7. The van der Waals surface area contributed by atoms with E-state index >= 15 is 4.11 Å². The van der Waals surface area contributed by atoms with Crippen LogP contribution in [-0.4, -0.2) is 81.6 Å². The molecule has 1 N–H and O–H groups in total. The van der Waals surface area contributed by atoms with Crippen molar-refractivity contribution in [3.05, 3.63) is 59.7 Å². The molecule has 0 aliphatic carbocycles. The molecule has 0 unspecified atom stereocenters. The van der Waals surface area contributed by atoms with Gasteiger partial charge in [-0.2, -0.15) is 0 Å². The van der Waals surface area contributed by atoms with Crippen LogP contribution in [0.2, 0.25) is 18.6 Å². The highest BCUT2D eigenvalue weighted by molar-refractivity contribution is 6.72. The highest BCUT2D eigenvalue weighted by Gasteiger charge is 2.67. The van der Waals surface area contributed by atoms with Gasteiger partial charge in [-0.05, 0) is 62.5 Å². The summed E-state index contributed by atoms with van der Waals surface area (Å²) in [6.45, 7) is 6.10. The van der Waals surface area contributed by atoms with Crippen molar-refractivity contribution in [1.29, 1.82) is 0 Å². The Kier molecular flexibility index (Phi) is 12.2. The van der Waals surface area contributed by atoms with E-state index in [1.807, 2.05) is 55.5 Å². The lowest BCUT2D eigenvalue weighted by atomic mass is 9.82. The third-order valence-electron chi connectivity index (χ3n) is 10.6. The number of ether oxygens (including phenoxy) is 2. The molecule has 3 aliphatic heterocycles. The van der Waals surface area contributed by atoms with Crippen LogP contribution in [0.25, 0.3) is 0 Å². The molecule has 10 nitrogen and oxygen atoms in total. The predicted octanol–water partition coefficient (Wildman–Crippen LogP) is 5.86. The van der Waals surface area contributed by atoms with E-state index in [2.05, 4.69) is 0 Å². The van der Waals surface area contributed by atoms with Crippen LogP contribution in [0.4, 0.5) is 15.5 Å². The van der Waals surface area contributed by atoms with Gasteiger partial charge in [-0.15, -0.1) is 0 Å². The van der Waals surface area contributed by atoms with E-state index in [0.717, 1.165) is 31.2 Å². The minimum Gasteiger partial charge on any atom is -0.469 e. The first-order valence-corrected chi connectivity index (χ1v) is 21.0. The second kappa shape index (κ2) is 16.2. The molecule has 2 aromatic carbocycles. The zero-order valence-corrected chi connectivity index (χ0v) is 30.9. The molecule has 0 saturated carbocycles. The van der Waals surface area contributed by atoms with Gasteiger partial charge in [-0.25, -0.2) is 0 Å². The number of hydrogen-bond donors (Lipinski definition) is 1. The summed E-state index contributed by atoms with van der Waals surface area (Å²) in [7, 11) is -2.22. The molecule has 0 radical (unpaired) electrons. The number of aliphatic hydroxyl groups is 1. The SMILES string of the molecule is COC(=O)CCCCN1C(=O)[C@]2(O[C@H](CC(=O)N(CCO)Cc3ccccc3)[C@@H]([Si](C)(C)F)[C@@H]2C)c2cc(N3CCCCCCC3=O)ccc21. The molecular formula is C38H52FN3O7Si. The van der Waals surface area contributed by atoms with Crippen LogP contribution in [0.3, 0.4) is 0 Å². The number of aliphatic hydroxyl groups excluding tert-OH is 1. The highest BCUT2D eigenvalue weighted by Crippen LogP contribution is 2.60. The average molecular weight is 710 g/mol. The Balaban J connectivity index is 1.52. The minimum atomic E-state index is -3.56. The minimum absolute atomic E-state index is 0.0316. The van der Waals surface area contributed by atoms with E-state index in [1.165, 1.54) is 7.11 Å². The molecule has 2 saturated heterocycles. The second-order valence-corrected chi connectivity index (χ2v) is 18.2. The molecule has 3 amide bonds. The van der Waals surface area contributed by atoms with Gasteiger partial charge in [0.05, 0.1) is 31.9 Å². The number of benzene rings is 2. The Morgan fingerprint density at radius 3 is 2.52 bits per heavy atom. The number of halogens is 1. The molecule has 0 bridgehead atoms. The largest absolute Gasteiger partial charge is 0.469 e. The van der Waals surface area contributed by atoms with E-state index in [4.69, 9.17) is 9.47 Å². The first-order chi connectivity index (χ1) is 23.9. The number of carbonyl (C=O) groups excluding carboxylic acids is 4. The Labute approximate surface area is 296 Å². The summed E-state index contributed by atoms with van der Waals surface area (Å²) in [5.41, 5.74) is 0.547. The summed E-state index contributed by atoms with van der Waals surface area (Å²) in [6, 6.07) is 15.1. The smallest absolute Gasteiger partial charge is 0.305 e. The van der Waals surface area contributed by atoms with Gasteiger partial charge in [0.1, 0.15) is 0 Å². The van der Waals surface area contributed by atoms with Gasteiger partial charge in [-0.3, -0.25) is 19.2 Å². The van der Waals surface area contributed by atoms with Crippen molar-refractivity contribution in [3.63, 3.8) is 0 Å². The van der Waals surface area contributed by atoms with E-state index < -0.39 is 31.6 Å². The zero-order valence-electron chi connectivity index (χ0n) is 29.9. The monoisotopic (exact) mass is 709 g/mol. The number of esters is 1. The molecule has 4 atom stereocenters. The fourth-order valence-corrected chi connectivity index (χ4v) is 10.7. The summed E-state index contributed by atoms with van der Waals surface area (Å²) in [6.07, 6.45) is 4.43. The fourth-order valence-electron chi connectivity index (χ4n) is 8.22. The molecule has 272 valence electrons. The van der Waals surface area contributed by atoms with Crippen LogP contribution in [0, 0.1) is 5.92 Å². The zero-order chi connectivity index (χ0) is 36.1. The second-order valence-electron chi connectivity index (χ2n) is 14.4. The van der Waals surface area contributed by atoms with Crippen LogP contribution in [-0.2, 0) is 40.8 Å². The quantitative estimate of drug-likeness (QED) is 0.120. The predicted molar refractivity (Wildman–Crippen MR) is 192 cm³/mol. The Morgan fingerprint density at radius 1 is 1.08 bits per heavy atom. The van der Waals surface area contributed by atoms with E-state index in [1.54, 1.807) is 27.8 Å². The van der Waals surface area contributed by atoms with Gasteiger partial charge >= 0.3 is 5.97 Å². The van der Waals surface area contributed by atoms with Crippen molar-refractivity contribution in [2.45, 2.75) is 102 Å². The van der Waals surface area contributed by atoms with Gasteiger partial charge in [0, 0.05) is 61.7 Å². The molecule has 3 aliphatic rings. The normalized spacial score (nSPS) is 23.9. The maximum Gasteiger partial charge on any atom is 0.305 e. The average Bonchev–Trinajstić information content (AvgIpc) is 3.50. The van der Waals surface area contributed by atoms with Gasteiger partial charge in [0.15, 0.2) is 5.60 Å².